The van der Waals surface area contributed by atoms with Crippen molar-refractivity contribution in [1.29, 1.82) is 0 Å². The van der Waals surface area contributed by atoms with E-state index in [2.05, 4.69) is 0 Å². The predicted octanol–water partition coefficient (Wildman–Crippen LogP) is 0.163. The van der Waals surface area contributed by atoms with Gasteiger partial charge in [-0.15, -0.1) is 0 Å². The van der Waals surface area contributed by atoms with E-state index in [1.807, 2.05) is 0 Å². The number of aromatic hydroxyl groups is 1. The smallest absolute Gasteiger partial charge is 0.160 e. The third-order valence-electron chi connectivity index (χ3n) is 4.32. The molecule has 0 radical (unpaired) electrons. The van der Waals surface area contributed by atoms with Crippen LogP contribution in [0.4, 0.5) is 0 Å². The minimum atomic E-state index is -1.33. The fourth-order valence-corrected chi connectivity index (χ4v) is 2.79. The highest BCUT2D eigenvalue weighted by Gasteiger charge is 2.42. The van der Waals surface area contributed by atoms with E-state index in [4.69, 9.17) is 9.47 Å². The van der Waals surface area contributed by atoms with Gasteiger partial charge in [-0.3, -0.25) is 4.79 Å². The molecular weight excluding hydrogens is 316 g/mol. The Labute approximate surface area is 140 Å². The fourth-order valence-electron chi connectivity index (χ4n) is 2.79. The number of aliphatic hydroxyl groups excluding tert-OH is 3. The van der Waals surface area contributed by atoms with Crippen LogP contribution in [-0.4, -0.2) is 63.8 Å². The molecular formula is C17H24O7. The van der Waals surface area contributed by atoms with E-state index in [1.165, 1.54) is 13.2 Å². The molecule has 0 aliphatic carbocycles. The van der Waals surface area contributed by atoms with Crippen LogP contribution in [0.15, 0.2) is 18.2 Å². The molecule has 7 heteroatoms. The fraction of sp³-hybridized carbons (Fsp3) is 0.588. The Morgan fingerprint density at radius 2 is 1.92 bits per heavy atom. The monoisotopic (exact) mass is 340 g/mol. The molecule has 0 aromatic heterocycles. The van der Waals surface area contributed by atoms with Crippen molar-refractivity contribution in [2.45, 2.75) is 56.7 Å². The van der Waals surface area contributed by atoms with Gasteiger partial charge in [0, 0.05) is 12.8 Å². The number of ether oxygens (including phenoxy) is 2. The number of hydrogen-bond acceptors (Lipinski definition) is 7. The topological polar surface area (TPSA) is 116 Å². The van der Waals surface area contributed by atoms with Crippen molar-refractivity contribution in [3.8, 4) is 11.5 Å². The molecule has 1 saturated heterocycles. The SMILES string of the molecule is COc1cc(CCC(=O)CC2OC(C)C(O)C(O)C2O)ccc1O. The number of carbonyl (C=O) groups is 1. The van der Waals surface area contributed by atoms with Gasteiger partial charge in [0.25, 0.3) is 0 Å². The van der Waals surface area contributed by atoms with Gasteiger partial charge < -0.3 is 29.9 Å². The molecule has 0 spiro atoms. The summed E-state index contributed by atoms with van der Waals surface area (Å²) in [6, 6.07) is 4.88. The Morgan fingerprint density at radius 1 is 1.21 bits per heavy atom. The molecule has 0 bridgehead atoms. The summed E-state index contributed by atoms with van der Waals surface area (Å²) in [5.41, 5.74) is 0.840. The summed E-state index contributed by atoms with van der Waals surface area (Å²) in [4.78, 5) is 12.1. The second-order valence-electron chi connectivity index (χ2n) is 6.10. The van der Waals surface area contributed by atoms with Gasteiger partial charge in [0.15, 0.2) is 11.5 Å². The number of Topliss-reactive ketones (excluding diaryl/α,β-unsaturated/α-hetero) is 1. The normalized spacial score (nSPS) is 30.1. The van der Waals surface area contributed by atoms with Crippen LogP contribution in [0.5, 0.6) is 11.5 Å². The number of hydrogen-bond donors (Lipinski definition) is 4. The van der Waals surface area contributed by atoms with E-state index in [9.17, 15) is 25.2 Å². The zero-order chi connectivity index (χ0) is 17.9. The van der Waals surface area contributed by atoms with Gasteiger partial charge >= 0.3 is 0 Å². The quantitative estimate of drug-likeness (QED) is 0.583. The van der Waals surface area contributed by atoms with E-state index < -0.39 is 30.5 Å². The molecule has 7 nitrogen and oxygen atoms in total. The van der Waals surface area contributed by atoms with Crippen molar-refractivity contribution < 1.29 is 34.7 Å². The Bertz CT molecular complexity index is 574. The maximum absolute atomic E-state index is 12.1. The van der Waals surface area contributed by atoms with Crippen molar-refractivity contribution in [3.63, 3.8) is 0 Å². The lowest BCUT2D eigenvalue weighted by atomic mass is 9.92. The molecule has 2 rings (SSSR count). The maximum Gasteiger partial charge on any atom is 0.160 e. The summed E-state index contributed by atoms with van der Waals surface area (Å²) in [5.74, 6) is 0.256. The van der Waals surface area contributed by atoms with Crippen molar-refractivity contribution in [2.24, 2.45) is 0 Å². The summed E-state index contributed by atoms with van der Waals surface area (Å²) in [7, 11) is 1.45. The summed E-state index contributed by atoms with van der Waals surface area (Å²) in [5, 5.41) is 38.9. The Morgan fingerprint density at radius 3 is 2.58 bits per heavy atom. The first kappa shape index (κ1) is 18.7. The Balaban J connectivity index is 1.89. The summed E-state index contributed by atoms with van der Waals surface area (Å²) in [6.07, 6.45) is -4.63. The first-order valence-electron chi connectivity index (χ1n) is 7.90. The van der Waals surface area contributed by atoms with Crippen LogP contribution in [0, 0.1) is 0 Å². The third-order valence-corrected chi connectivity index (χ3v) is 4.32. The summed E-state index contributed by atoms with van der Waals surface area (Å²) < 4.78 is 10.4. The molecule has 4 N–H and O–H groups in total. The lowest BCUT2D eigenvalue weighted by molar-refractivity contribution is -0.217. The van der Waals surface area contributed by atoms with Crippen LogP contribution >= 0.6 is 0 Å². The first-order valence-corrected chi connectivity index (χ1v) is 7.90. The Hall–Kier alpha value is -1.67. The molecule has 5 atom stereocenters. The molecule has 1 aromatic carbocycles. The highest BCUT2D eigenvalue weighted by Crippen LogP contribution is 2.27. The largest absolute Gasteiger partial charge is 0.504 e. The van der Waals surface area contributed by atoms with Gasteiger partial charge in [0.1, 0.15) is 24.1 Å². The number of carbonyl (C=O) groups excluding carboxylic acids is 1. The average molecular weight is 340 g/mol. The third kappa shape index (κ3) is 4.24. The molecule has 5 unspecified atom stereocenters. The summed E-state index contributed by atoms with van der Waals surface area (Å²) >= 11 is 0. The van der Waals surface area contributed by atoms with E-state index in [-0.39, 0.29) is 24.4 Å². The van der Waals surface area contributed by atoms with Gasteiger partial charge in [0.05, 0.1) is 19.3 Å². The molecule has 0 amide bonds. The van der Waals surface area contributed by atoms with E-state index >= 15 is 0 Å². The molecule has 24 heavy (non-hydrogen) atoms. The van der Waals surface area contributed by atoms with Crippen LogP contribution in [-0.2, 0) is 16.0 Å². The molecule has 0 saturated carbocycles. The molecule has 1 aliphatic heterocycles. The first-order chi connectivity index (χ1) is 11.3. The van der Waals surface area contributed by atoms with E-state index in [1.54, 1.807) is 19.1 Å². The second-order valence-corrected chi connectivity index (χ2v) is 6.10. The van der Waals surface area contributed by atoms with Gasteiger partial charge in [-0.2, -0.15) is 0 Å². The van der Waals surface area contributed by atoms with Crippen molar-refractivity contribution in [3.05, 3.63) is 23.8 Å². The van der Waals surface area contributed by atoms with Crippen LogP contribution in [0.2, 0.25) is 0 Å². The molecule has 1 fully saturated rings. The van der Waals surface area contributed by atoms with Gasteiger partial charge in [0.2, 0.25) is 0 Å². The second kappa shape index (κ2) is 7.94. The van der Waals surface area contributed by atoms with Crippen LogP contribution in [0.25, 0.3) is 0 Å². The molecule has 1 aliphatic rings. The number of phenolic OH excluding ortho intramolecular Hbond substituents is 1. The number of ketones is 1. The van der Waals surface area contributed by atoms with Crippen molar-refractivity contribution >= 4 is 5.78 Å². The number of aryl methyl sites for hydroxylation is 1. The number of aliphatic hydroxyl groups is 3. The van der Waals surface area contributed by atoms with Gasteiger partial charge in [-0.1, -0.05) is 6.07 Å². The summed E-state index contributed by atoms with van der Waals surface area (Å²) in [6.45, 7) is 1.58. The molecule has 134 valence electrons. The van der Waals surface area contributed by atoms with Crippen molar-refractivity contribution in [2.75, 3.05) is 7.11 Å². The Kier molecular flexibility index (Phi) is 6.17. The average Bonchev–Trinajstić information content (AvgIpc) is 2.57. The lowest BCUT2D eigenvalue weighted by Gasteiger charge is -2.39. The predicted molar refractivity (Wildman–Crippen MR) is 85.0 cm³/mol. The standard InChI is InChI=1S/C17H24O7/c1-9-15(20)17(22)16(21)14(24-9)8-11(18)5-3-10-4-6-12(19)13(7-10)23-2/h4,6-7,9,14-17,19-22H,3,5,8H2,1-2H3. The van der Waals surface area contributed by atoms with Crippen LogP contribution in [0.1, 0.15) is 25.3 Å². The minimum Gasteiger partial charge on any atom is -0.504 e. The maximum atomic E-state index is 12.1. The zero-order valence-electron chi connectivity index (χ0n) is 13.8. The number of rotatable bonds is 6. The molecule has 1 aromatic rings. The highest BCUT2D eigenvalue weighted by atomic mass is 16.5. The number of methoxy groups -OCH3 is 1. The highest BCUT2D eigenvalue weighted by molar-refractivity contribution is 5.79. The lowest BCUT2D eigenvalue weighted by Crippen LogP contribution is -2.56. The van der Waals surface area contributed by atoms with E-state index in [0.29, 0.717) is 12.2 Å². The van der Waals surface area contributed by atoms with Gasteiger partial charge in [-0.05, 0) is 31.0 Å². The van der Waals surface area contributed by atoms with Crippen LogP contribution < -0.4 is 4.74 Å². The van der Waals surface area contributed by atoms with Crippen molar-refractivity contribution in [1.82, 2.24) is 0 Å². The van der Waals surface area contributed by atoms with E-state index in [0.717, 1.165) is 5.56 Å². The molecule has 1 heterocycles. The number of phenols is 1. The minimum absolute atomic E-state index is 0.0350. The van der Waals surface area contributed by atoms with Crippen LogP contribution in [0.3, 0.4) is 0 Å². The van der Waals surface area contributed by atoms with Gasteiger partial charge in [-0.25, -0.2) is 0 Å². The zero-order valence-corrected chi connectivity index (χ0v) is 13.8. The number of benzene rings is 1.